The van der Waals surface area contributed by atoms with Crippen LogP contribution in [0.3, 0.4) is 0 Å². The molecular formula is C19H19N5O2. The Morgan fingerprint density at radius 2 is 2.12 bits per heavy atom. The van der Waals surface area contributed by atoms with Gasteiger partial charge in [-0.05, 0) is 11.6 Å². The lowest BCUT2D eigenvalue weighted by atomic mass is 9.99. The molecule has 3 amide bonds. The highest BCUT2D eigenvalue weighted by atomic mass is 16.2. The van der Waals surface area contributed by atoms with Crippen LogP contribution in [0, 0.1) is 11.3 Å². The zero-order chi connectivity index (χ0) is 18.4. The van der Waals surface area contributed by atoms with Gasteiger partial charge in [0.15, 0.2) is 0 Å². The average Bonchev–Trinajstić information content (AvgIpc) is 3.05. The number of aromatic nitrogens is 1. The third-order valence-corrected chi connectivity index (χ3v) is 4.22. The molecule has 0 bridgehead atoms. The van der Waals surface area contributed by atoms with Crippen molar-refractivity contribution in [1.29, 1.82) is 5.26 Å². The number of nitrogens with zero attached hydrogens (tertiary/aromatic N) is 3. The molecule has 0 spiro atoms. The second-order valence-electron chi connectivity index (χ2n) is 6.00. The zero-order valence-corrected chi connectivity index (χ0v) is 14.2. The van der Waals surface area contributed by atoms with Gasteiger partial charge in [-0.1, -0.05) is 30.3 Å². The van der Waals surface area contributed by atoms with E-state index in [1.807, 2.05) is 36.4 Å². The van der Waals surface area contributed by atoms with Crippen molar-refractivity contribution in [2.24, 2.45) is 0 Å². The number of carbonyl (C=O) groups excluding carboxylic acids is 2. The van der Waals surface area contributed by atoms with Crippen LogP contribution in [0.4, 0.5) is 16.3 Å². The van der Waals surface area contributed by atoms with Crippen molar-refractivity contribution in [2.75, 3.05) is 23.3 Å². The van der Waals surface area contributed by atoms with E-state index in [1.165, 1.54) is 0 Å². The summed E-state index contributed by atoms with van der Waals surface area (Å²) in [5, 5.41) is 13.7. The lowest BCUT2D eigenvalue weighted by Gasteiger charge is -2.17. The molecule has 1 atom stereocenters. The van der Waals surface area contributed by atoms with Crippen LogP contribution in [0.25, 0.3) is 0 Å². The Hall–Kier alpha value is -3.40. The molecule has 1 fully saturated rings. The summed E-state index contributed by atoms with van der Waals surface area (Å²) in [5.41, 5.74) is 1.85. The molecule has 7 heteroatoms. The number of benzene rings is 1. The smallest absolute Gasteiger partial charge is 0.320 e. The van der Waals surface area contributed by atoms with Crippen molar-refractivity contribution < 1.29 is 9.59 Å². The van der Waals surface area contributed by atoms with Crippen LogP contribution in [-0.2, 0) is 4.79 Å². The largest absolute Gasteiger partial charge is 0.337 e. The molecule has 0 saturated carbocycles. The number of hydrogen-bond acceptors (Lipinski definition) is 4. The summed E-state index contributed by atoms with van der Waals surface area (Å²) in [7, 11) is 0. The van der Waals surface area contributed by atoms with E-state index in [2.05, 4.69) is 15.6 Å². The number of urea groups is 1. The summed E-state index contributed by atoms with van der Waals surface area (Å²) in [5.74, 6) is 0.560. The maximum atomic E-state index is 12.4. The number of carbonyl (C=O) groups is 2. The fraction of sp³-hybridized carbons (Fsp3) is 0.263. The highest BCUT2D eigenvalue weighted by Gasteiger charge is 2.31. The number of anilines is 2. The Morgan fingerprint density at radius 1 is 1.31 bits per heavy atom. The molecule has 0 radical (unpaired) electrons. The van der Waals surface area contributed by atoms with Gasteiger partial charge in [0.25, 0.3) is 0 Å². The first-order valence-corrected chi connectivity index (χ1v) is 8.40. The first-order chi connectivity index (χ1) is 12.7. The molecule has 2 aromatic rings. The second-order valence-corrected chi connectivity index (χ2v) is 6.00. The van der Waals surface area contributed by atoms with Crippen molar-refractivity contribution >= 4 is 23.4 Å². The monoisotopic (exact) mass is 349 g/mol. The van der Waals surface area contributed by atoms with E-state index in [1.54, 1.807) is 23.2 Å². The number of nitriles is 1. The lowest BCUT2D eigenvalue weighted by Crippen LogP contribution is -2.30. The number of amides is 3. The predicted molar refractivity (Wildman–Crippen MR) is 97.6 cm³/mol. The van der Waals surface area contributed by atoms with Crippen LogP contribution < -0.4 is 15.5 Å². The maximum Gasteiger partial charge on any atom is 0.320 e. The van der Waals surface area contributed by atoms with E-state index in [-0.39, 0.29) is 24.8 Å². The molecule has 2 N–H and O–H groups in total. The Labute approximate surface area is 151 Å². The summed E-state index contributed by atoms with van der Waals surface area (Å²) in [6, 6.07) is 14.9. The van der Waals surface area contributed by atoms with Crippen LogP contribution in [0.2, 0.25) is 0 Å². The van der Waals surface area contributed by atoms with Crippen molar-refractivity contribution in [1.82, 2.24) is 10.3 Å². The fourth-order valence-corrected chi connectivity index (χ4v) is 2.95. The third-order valence-electron chi connectivity index (χ3n) is 4.22. The van der Waals surface area contributed by atoms with Crippen molar-refractivity contribution in [2.45, 2.75) is 18.8 Å². The molecular weight excluding hydrogens is 330 g/mol. The zero-order valence-electron chi connectivity index (χ0n) is 14.2. The molecule has 0 unspecified atom stereocenters. The quantitative estimate of drug-likeness (QED) is 0.811. The van der Waals surface area contributed by atoms with Crippen LogP contribution in [-0.4, -0.2) is 30.0 Å². The number of nitrogens with one attached hydrogen (secondary N) is 2. The van der Waals surface area contributed by atoms with Crippen molar-refractivity contribution in [3.63, 3.8) is 0 Å². The molecule has 1 aliphatic rings. The van der Waals surface area contributed by atoms with Gasteiger partial charge in [-0.2, -0.15) is 5.26 Å². The highest BCUT2D eigenvalue weighted by molar-refractivity contribution is 5.97. The van der Waals surface area contributed by atoms with Crippen LogP contribution in [0.15, 0.2) is 48.7 Å². The Kier molecular flexibility index (Phi) is 5.44. The summed E-state index contributed by atoms with van der Waals surface area (Å²) >= 11 is 0. The SMILES string of the molecule is N#CCCNC(=O)Nc1cc(N2C[C@@H](c3ccccc3)CC2=O)ccn1. The van der Waals surface area contributed by atoms with Gasteiger partial charge in [0.1, 0.15) is 5.82 Å². The minimum absolute atomic E-state index is 0.0504. The summed E-state index contributed by atoms with van der Waals surface area (Å²) in [6.07, 6.45) is 2.26. The molecule has 1 aliphatic heterocycles. The summed E-state index contributed by atoms with van der Waals surface area (Å²) in [4.78, 5) is 30.0. The number of hydrogen-bond donors (Lipinski definition) is 2. The number of pyridine rings is 1. The summed E-state index contributed by atoms with van der Waals surface area (Å²) in [6.45, 7) is 0.867. The standard InChI is InChI=1S/C19H19N5O2/c20-8-4-9-22-19(26)23-17-12-16(7-10-21-17)24-13-15(11-18(24)25)14-5-2-1-3-6-14/h1-3,5-7,10,12,15H,4,9,11,13H2,(H2,21,22,23,26)/t15-/m0/s1. The van der Waals surface area contributed by atoms with Gasteiger partial charge in [-0.3, -0.25) is 10.1 Å². The minimum atomic E-state index is -0.431. The first-order valence-electron chi connectivity index (χ1n) is 8.40. The van der Waals surface area contributed by atoms with Gasteiger partial charge in [-0.15, -0.1) is 0 Å². The van der Waals surface area contributed by atoms with Crippen molar-refractivity contribution in [3.05, 3.63) is 54.2 Å². The van der Waals surface area contributed by atoms with Crippen molar-refractivity contribution in [3.8, 4) is 6.07 Å². The maximum absolute atomic E-state index is 12.4. The third kappa shape index (κ3) is 4.16. The molecule has 3 rings (SSSR count). The highest BCUT2D eigenvalue weighted by Crippen LogP contribution is 2.32. The Bertz CT molecular complexity index is 831. The Morgan fingerprint density at radius 3 is 2.88 bits per heavy atom. The van der Waals surface area contributed by atoms with E-state index < -0.39 is 6.03 Å². The van der Waals surface area contributed by atoms with Gasteiger partial charge in [0, 0.05) is 43.4 Å². The van der Waals surface area contributed by atoms with Gasteiger partial charge in [0.2, 0.25) is 5.91 Å². The van der Waals surface area contributed by atoms with E-state index in [0.717, 1.165) is 5.56 Å². The molecule has 1 aromatic heterocycles. The number of rotatable bonds is 5. The Balaban J connectivity index is 1.67. The van der Waals surface area contributed by atoms with Gasteiger partial charge >= 0.3 is 6.03 Å². The normalized spacial score (nSPS) is 16.2. The van der Waals surface area contributed by atoms with Crippen LogP contribution in [0.1, 0.15) is 24.3 Å². The molecule has 2 heterocycles. The van der Waals surface area contributed by atoms with Crippen LogP contribution >= 0.6 is 0 Å². The summed E-state index contributed by atoms with van der Waals surface area (Å²) < 4.78 is 0. The van der Waals surface area contributed by atoms with E-state index >= 15 is 0 Å². The van der Waals surface area contributed by atoms with Gasteiger partial charge in [-0.25, -0.2) is 9.78 Å². The topological polar surface area (TPSA) is 98.1 Å². The molecule has 26 heavy (non-hydrogen) atoms. The van der Waals surface area contributed by atoms with E-state index in [0.29, 0.717) is 24.5 Å². The molecule has 1 aromatic carbocycles. The molecule has 132 valence electrons. The predicted octanol–water partition coefficient (Wildman–Crippen LogP) is 2.64. The van der Waals surface area contributed by atoms with Crippen LogP contribution in [0.5, 0.6) is 0 Å². The molecule has 1 saturated heterocycles. The lowest BCUT2D eigenvalue weighted by molar-refractivity contribution is -0.117. The van der Waals surface area contributed by atoms with E-state index in [4.69, 9.17) is 5.26 Å². The average molecular weight is 349 g/mol. The first kappa shape index (κ1) is 17.4. The molecule has 7 nitrogen and oxygen atoms in total. The molecule has 0 aliphatic carbocycles. The second kappa shape index (κ2) is 8.12. The minimum Gasteiger partial charge on any atom is -0.337 e. The van der Waals surface area contributed by atoms with Gasteiger partial charge < -0.3 is 10.2 Å². The fourth-order valence-electron chi connectivity index (χ4n) is 2.95. The van der Waals surface area contributed by atoms with Gasteiger partial charge in [0.05, 0.1) is 12.5 Å². The van der Waals surface area contributed by atoms with E-state index in [9.17, 15) is 9.59 Å².